The lowest BCUT2D eigenvalue weighted by molar-refractivity contribution is -0.262. The Kier molecular flexibility index (Phi) is 4.58. The molecular weight excluding hydrogens is 334 g/mol. The fraction of sp³-hybridized carbons (Fsp3) is 0.833. The highest BCUT2D eigenvalue weighted by Crippen LogP contribution is 2.66. The molecule has 3 N–H and O–H groups in total. The first kappa shape index (κ1) is 19.5. The number of nitrogens with two attached hydrogens (primary N) is 1. The van der Waals surface area contributed by atoms with Crippen molar-refractivity contribution in [3.63, 3.8) is 0 Å². The highest BCUT2D eigenvalue weighted by atomic mass is 16.6. The summed E-state index contributed by atoms with van der Waals surface area (Å²) in [7, 11) is 0. The number of hydrogen-bond donors (Lipinski definition) is 2. The highest BCUT2D eigenvalue weighted by Gasteiger charge is 2.61. The van der Waals surface area contributed by atoms with E-state index in [1.807, 2.05) is 0 Å². The number of fused-ring (bicyclic) bond motifs is 5. The molecule has 4 rings (SSSR count). The normalized spacial score (nSPS) is 49.4. The molecule has 0 aromatic heterocycles. The largest absolute Gasteiger partial charge is 0.366 e. The van der Waals surface area contributed by atoms with Crippen LogP contribution in [0.4, 0.5) is 0 Å². The Hall–Kier alpha value is -0.820. The van der Waals surface area contributed by atoms with Crippen molar-refractivity contribution in [3.8, 4) is 12.3 Å². The third-order valence-corrected chi connectivity index (χ3v) is 8.88. The topological polar surface area (TPSA) is 55.5 Å². The van der Waals surface area contributed by atoms with E-state index in [4.69, 9.17) is 16.9 Å². The maximum Gasteiger partial charge on any atom is 0.160 e. The minimum absolute atomic E-state index is 0.0912. The summed E-state index contributed by atoms with van der Waals surface area (Å²) in [4.78, 5) is 0. The summed E-state index contributed by atoms with van der Waals surface area (Å²) in [5, 5.41) is 10.5. The van der Waals surface area contributed by atoms with E-state index >= 15 is 0 Å². The maximum absolute atomic E-state index is 10.5. The molecule has 8 atom stereocenters. The van der Waals surface area contributed by atoms with Crippen LogP contribution < -0.4 is 5.73 Å². The lowest BCUT2D eigenvalue weighted by atomic mass is 9.44. The zero-order valence-corrected chi connectivity index (χ0v) is 17.5. The van der Waals surface area contributed by atoms with Crippen LogP contribution in [0.3, 0.4) is 0 Å². The molecule has 0 aliphatic heterocycles. The standard InChI is InChI=1S/C24H37NO2/c1-6-15-7-8-18-21-19(10-12-23(15,18)4)24(5)11-9-17(25)13-16(24)14-20(21)27-22(2,3)26/h1,7,16-21,26H,8-14,25H2,2-5H3. The van der Waals surface area contributed by atoms with Gasteiger partial charge in [0.05, 0.1) is 6.10 Å². The van der Waals surface area contributed by atoms with Crippen molar-refractivity contribution in [2.24, 2.45) is 40.2 Å². The average molecular weight is 372 g/mol. The van der Waals surface area contributed by atoms with Crippen molar-refractivity contribution in [1.29, 1.82) is 0 Å². The first-order valence-corrected chi connectivity index (χ1v) is 10.9. The second-order valence-electron chi connectivity index (χ2n) is 10.8. The van der Waals surface area contributed by atoms with E-state index in [9.17, 15) is 5.11 Å². The minimum Gasteiger partial charge on any atom is -0.366 e. The fourth-order valence-electron chi connectivity index (χ4n) is 7.52. The molecule has 4 aliphatic carbocycles. The molecule has 0 amide bonds. The smallest absolute Gasteiger partial charge is 0.160 e. The van der Waals surface area contributed by atoms with Gasteiger partial charge in [0.1, 0.15) is 0 Å². The Labute approximate surface area is 165 Å². The molecule has 27 heavy (non-hydrogen) atoms. The van der Waals surface area contributed by atoms with Crippen LogP contribution in [0.15, 0.2) is 11.6 Å². The summed E-state index contributed by atoms with van der Waals surface area (Å²) in [6.45, 7) is 8.43. The van der Waals surface area contributed by atoms with E-state index in [-0.39, 0.29) is 11.5 Å². The molecule has 0 radical (unpaired) electrons. The quantitative estimate of drug-likeness (QED) is 0.563. The second-order valence-corrected chi connectivity index (χ2v) is 10.8. The van der Waals surface area contributed by atoms with Gasteiger partial charge in [0, 0.05) is 17.0 Å². The molecule has 0 aromatic carbocycles. The van der Waals surface area contributed by atoms with E-state index in [0.717, 1.165) is 25.7 Å². The monoisotopic (exact) mass is 371 g/mol. The zero-order chi connectivity index (χ0) is 19.6. The van der Waals surface area contributed by atoms with Crippen molar-refractivity contribution in [1.82, 2.24) is 0 Å². The van der Waals surface area contributed by atoms with E-state index < -0.39 is 5.79 Å². The summed E-state index contributed by atoms with van der Waals surface area (Å²) >= 11 is 0. The number of aliphatic hydroxyl groups is 1. The molecule has 0 spiro atoms. The maximum atomic E-state index is 10.5. The van der Waals surface area contributed by atoms with Gasteiger partial charge >= 0.3 is 0 Å². The average Bonchev–Trinajstić information content (AvgIpc) is 2.91. The third kappa shape index (κ3) is 3.00. The number of terminal acetylenes is 1. The predicted octanol–water partition coefficient (Wildman–Crippen LogP) is 4.25. The molecule has 4 aliphatic rings. The first-order chi connectivity index (χ1) is 12.6. The third-order valence-electron chi connectivity index (χ3n) is 8.88. The summed E-state index contributed by atoms with van der Waals surface area (Å²) in [6.07, 6.45) is 16.2. The second kappa shape index (κ2) is 6.34. The van der Waals surface area contributed by atoms with Gasteiger partial charge in [0.15, 0.2) is 5.79 Å². The van der Waals surface area contributed by atoms with Crippen molar-refractivity contribution in [3.05, 3.63) is 11.6 Å². The van der Waals surface area contributed by atoms with Gasteiger partial charge in [0.2, 0.25) is 0 Å². The molecule has 8 unspecified atom stereocenters. The molecule has 3 fully saturated rings. The molecule has 0 saturated heterocycles. The molecule has 0 heterocycles. The van der Waals surface area contributed by atoms with Crippen LogP contribution in [0.25, 0.3) is 0 Å². The molecule has 3 saturated carbocycles. The predicted molar refractivity (Wildman–Crippen MR) is 109 cm³/mol. The first-order valence-electron chi connectivity index (χ1n) is 10.9. The molecule has 3 nitrogen and oxygen atoms in total. The van der Waals surface area contributed by atoms with Gasteiger partial charge in [-0.3, -0.25) is 0 Å². The SMILES string of the molecule is C#CC1=CCC2C3C(OC(C)(C)O)CC4CC(N)CCC4(C)C3CCC12C. The molecule has 0 aromatic rings. The van der Waals surface area contributed by atoms with Crippen molar-refractivity contribution >= 4 is 0 Å². The van der Waals surface area contributed by atoms with Gasteiger partial charge in [-0.2, -0.15) is 0 Å². The number of hydrogen-bond acceptors (Lipinski definition) is 3. The zero-order valence-electron chi connectivity index (χ0n) is 17.5. The Morgan fingerprint density at radius 2 is 1.96 bits per heavy atom. The number of rotatable bonds is 2. The van der Waals surface area contributed by atoms with Crippen LogP contribution in [0.1, 0.15) is 72.6 Å². The van der Waals surface area contributed by atoms with E-state index in [1.54, 1.807) is 13.8 Å². The Bertz CT molecular complexity index is 671. The van der Waals surface area contributed by atoms with Gasteiger partial charge in [0.25, 0.3) is 0 Å². The minimum atomic E-state index is -1.10. The van der Waals surface area contributed by atoms with Crippen LogP contribution in [-0.2, 0) is 4.74 Å². The van der Waals surface area contributed by atoms with Crippen molar-refractivity contribution < 1.29 is 9.84 Å². The Morgan fingerprint density at radius 1 is 1.22 bits per heavy atom. The van der Waals surface area contributed by atoms with E-state index in [2.05, 4.69) is 25.8 Å². The molecule has 0 bridgehead atoms. The van der Waals surface area contributed by atoms with Crippen molar-refractivity contribution in [2.45, 2.75) is 90.6 Å². The fourth-order valence-corrected chi connectivity index (χ4v) is 7.52. The van der Waals surface area contributed by atoms with Crippen LogP contribution in [0, 0.1) is 46.8 Å². The number of allylic oxidation sites excluding steroid dienone is 2. The van der Waals surface area contributed by atoms with Crippen LogP contribution >= 0.6 is 0 Å². The van der Waals surface area contributed by atoms with E-state index in [0.29, 0.717) is 35.1 Å². The summed E-state index contributed by atoms with van der Waals surface area (Å²) in [6, 6.07) is 0.317. The lowest BCUT2D eigenvalue weighted by Crippen LogP contribution is -2.60. The number of ether oxygens (including phenoxy) is 1. The summed E-state index contributed by atoms with van der Waals surface area (Å²) in [5.74, 6) is 4.12. The van der Waals surface area contributed by atoms with E-state index in [1.165, 1.54) is 24.8 Å². The summed E-state index contributed by atoms with van der Waals surface area (Å²) < 4.78 is 6.34. The van der Waals surface area contributed by atoms with Gasteiger partial charge in [-0.1, -0.05) is 25.8 Å². The Balaban J connectivity index is 1.72. The molecule has 150 valence electrons. The lowest BCUT2D eigenvalue weighted by Gasteiger charge is -2.63. The van der Waals surface area contributed by atoms with Gasteiger partial charge in [-0.15, -0.1) is 6.42 Å². The summed E-state index contributed by atoms with van der Waals surface area (Å²) in [5.41, 5.74) is 8.01. The van der Waals surface area contributed by atoms with Gasteiger partial charge < -0.3 is 15.6 Å². The molecular formula is C24H37NO2. The van der Waals surface area contributed by atoms with Crippen LogP contribution in [0.2, 0.25) is 0 Å². The molecule has 3 heteroatoms. The highest BCUT2D eigenvalue weighted by molar-refractivity contribution is 5.38. The van der Waals surface area contributed by atoms with Gasteiger partial charge in [-0.25, -0.2) is 0 Å². The van der Waals surface area contributed by atoms with Crippen LogP contribution in [0.5, 0.6) is 0 Å². The van der Waals surface area contributed by atoms with Crippen molar-refractivity contribution in [2.75, 3.05) is 0 Å². The van der Waals surface area contributed by atoms with Gasteiger partial charge in [-0.05, 0) is 87.9 Å². The Morgan fingerprint density at radius 3 is 2.63 bits per heavy atom. The van der Waals surface area contributed by atoms with Crippen LogP contribution in [-0.4, -0.2) is 23.0 Å².